The van der Waals surface area contributed by atoms with Crippen LogP contribution >= 0.6 is 45.8 Å². The second-order valence-electron chi connectivity index (χ2n) is 10.4. The molecular weight excluding hydrogens is 666 g/mol. The van der Waals surface area contributed by atoms with E-state index in [1.54, 1.807) is 35.2 Å². The molecule has 2 aromatic rings. The van der Waals surface area contributed by atoms with Crippen LogP contribution in [-0.4, -0.2) is 58.3 Å². The number of carbonyl (C=O) groups is 2. The molecule has 3 N–H and O–H groups in total. The zero-order valence-electron chi connectivity index (χ0n) is 22.2. The standard InChI is InChI=1S/C30H35Cl2IN2O5/c31-22-11-10-20(23(32)17-22)18-35(28(37)12-9-19-5-1-2-6-19)25-15-21(30(39)34-13-14-36)16-27(29(25)38)40-26-8-4-3-7-24(26)33/h3-4,7-8,10-11,16-17,19,25,27,29,36,38H,1-2,5-6,9,12-15,18H2,(H,34,39)/t25-,27+,29+/m1/s1. The maximum atomic E-state index is 13.8. The Morgan fingerprint density at radius 3 is 2.58 bits per heavy atom. The van der Waals surface area contributed by atoms with Crippen molar-refractivity contribution < 1.29 is 24.5 Å². The SMILES string of the molecule is O=C(NCCO)C1=C[C@H](Oc2ccccc2I)[C@@H](O)[C@H](N(Cc2ccc(Cl)cc2Cl)C(=O)CCC2CCCC2)C1. The molecule has 0 aliphatic heterocycles. The number of aliphatic hydroxyl groups excluding tert-OH is 2. The fourth-order valence-corrected chi connectivity index (χ4v) is 6.44. The van der Waals surface area contributed by atoms with Crippen molar-refractivity contribution in [1.82, 2.24) is 10.2 Å². The van der Waals surface area contributed by atoms with Gasteiger partial charge in [-0.05, 0) is 70.8 Å². The van der Waals surface area contributed by atoms with E-state index in [9.17, 15) is 19.8 Å². The Kier molecular flexibility index (Phi) is 11.6. The molecule has 216 valence electrons. The normalized spacial score (nSPS) is 21.1. The van der Waals surface area contributed by atoms with E-state index in [0.717, 1.165) is 22.8 Å². The number of halogens is 3. The van der Waals surface area contributed by atoms with Crippen molar-refractivity contribution in [2.45, 2.75) is 69.7 Å². The molecule has 0 bridgehead atoms. The third-order valence-corrected chi connectivity index (χ3v) is 9.11. The highest BCUT2D eigenvalue weighted by Crippen LogP contribution is 2.33. The first-order chi connectivity index (χ1) is 19.3. The van der Waals surface area contributed by atoms with Crippen LogP contribution in [0.2, 0.25) is 10.0 Å². The number of rotatable bonds is 11. The molecule has 2 amide bonds. The molecular formula is C30H35Cl2IN2O5. The summed E-state index contributed by atoms with van der Waals surface area (Å²) in [5, 5.41) is 24.5. The van der Waals surface area contributed by atoms with Gasteiger partial charge in [-0.3, -0.25) is 9.59 Å². The summed E-state index contributed by atoms with van der Waals surface area (Å²) in [6.45, 7) is 0.0479. The quantitative estimate of drug-likeness (QED) is 0.269. The van der Waals surface area contributed by atoms with E-state index < -0.39 is 18.2 Å². The van der Waals surface area contributed by atoms with Gasteiger partial charge in [0, 0.05) is 41.5 Å². The lowest BCUT2D eigenvalue weighted by Crippen LogP contribution is -2.54. The lowest BCUT2D eigenvalue weighted by atomic mass is 9.87. The van der Waals surface area contributed by atoms with Crippen molar-refractivity contribution in [1.29, 1.82) is 0 Å². The first-order valence-corrected chi connectivity index (χ1v) is 15.5. The second-order valence-corrected chi connectivity index (χ2v) is 12.4. The van der Waals surface area contributed by atoms with Crippen molar-refractivity contribution in [2.24, 2.45) is 5.92 Å². The second kappa shape index (κ2) is 14.9. The molecule has 0 heterocycles. The van der Waals surface area contributed by atoms with E-state index in [-0.39, 0.29) is 37.9 Å². The number of nitrogens with zero attached hydrogens (tertiary/aromatic N) is 1. The summed E-state index contributed by atoms with van der Waals surface area (Å²) in [5.74, 6) is 0.619. The maximum absolute atomic E-state index is 13.8. The van der Waals surface area contributed by atoms with Crippen molar-refractivity contribution in [3.63, 3.8) is 0 Å². The molecule has 1 fully saturated rings. The van der Waals surface area contributed by atoms with Crippen LogP contribution in [0.4, 0.5) is 0 Å². The van der Waals surface area contributed by atoms with E-state index in [1.165, 1.54) is 12.8 Å². The van der Waals surface area contributed by atoms with Gasteiger partial charge in [-0.15, -0.1) is 0 Å². The van der Waals surface area contributed by atoms with Gasteiger partial charge in [-0.2, -0.15) is 0 Å². The molecule has 0 spiro atoms. The number of hydrogen-bond donors (Lipinski definition) is 3. The monoisotopic (exact) mass is 700 g/mol. The van der Waals surface area contributed by atoms with E-state index in [0.29, 0.717) is 39.3 Å². The number of aliphatic hydroxyl groups is 2. The van der Waals surface area contributed by atoms with Gasteiger partial charge in [0.05, 0.1) is 16.2 Å². The van der Waals surface area contributed by atoms with Gasteiger partial charge in [-0.1, -0.05) is 67.1 Å². The predicted molar refractivity (Wildman–Crippen MR) is 164 cm³/mol. The topological polar surface area (TPSA) is 99.1 Å². The number of hydrogen-bond acceptors (Lipinski definition) is 5. The minimum Gasteiger partial charge on any atom is -0.482 e. The summed E-state index contributed by atoms with van der Waals surface area (Å²) < 4.78 is 7.08. The maximum Gasteiger partial charge on any atom is 0.247 e. The Labute approximate surface area is 259 Å². The fourth-order valence-electron chi connectivity index (χ4n) is 5.46. The zero-order valence-corrected chi connectivity index (χ0v) is 25.9. The Hall–Kier alpha value is -1.85. The first-order valence-electron chi connectivity index (χ1n) is 13.7. The van der Waals surface area contributed by atoms with E-state index in [1.807, 2.05) is 18.2 Å². The van der Waals surface area contributed by atoms with Gasteiger partial charge in [0.1, 0.15) is 18.0 Å². The number of nitrogens with one attached hydrogen (secondary N) is 1. The summed E-state index contributed by atoms with van der Waals surface area (Å²) in [7, 11) is 0. The molecule has 3 atom stereocenters. The average molecular weight is 701 g/mol. The van der Waals surface area contributed by atoms with Crippen LogP contribution < -0.4 is 10.1 Å². The molecule has 4 rings (SSSR count). The van der Waals surface area contributed by atoms with Crippen molar-refractivity contribution in [2.75, 3.05) is 13.2 Å². The van der Waals surface area contributed by atoms with Crippen molar-refractivity contribution in [3.05, 3.63) is 73.3 Å². The van der Waals surface area contributed by atoms with Gasteiger partial charge in [0.2, 0.25) is 11.8 Å². The summed E-state index contributed by atoms with van der Waals surface area (Å²) in [5.41, 5.74) is 1.08. The molecule has 0 unspecified atom stereocenters. The van der Waals surface area contributed by atoms with Gasteiger partial charge in [0.25, 0.3) is 0 Å². The van der Waals surface area contributed by atoms with Crippen LogP contribution in [-0.2, 0) is 16.1 Å². The molecule has 0 saturated heterocycles. The number of benzene rings is 2. The van der Waals surface area contributed by atoms with Crippen LogP contribution in [0.3, 0.4) is 0 Å². The highest BCUT2D eigenvalue weighted by molar-refractivity contribution is 14.1. The van der Waals surface area contributed by atoms with Crippen LogP contribution in [0.25, 0.3) is 0 Å². The number of carbonyl (C=O) groups excluding carboxylic acids is 2. The summed E-state index contributed by atoms with van der Waals surface area (Å²) >= 11 is 14.8. The third-order valence-electron chi connectivity index (χ3n) is 7.63. The molecule has 0 radical (unpaired) electrons. The molecule has 7 nitrogen and oxygen atoms in total. The number of amides is 2. The van der Waals surface area contributed by atoms with E-state index in [2.05, 4.69) is 27.9 Å². The Morgan fingerprint density at radius 2 is 1.88 bits per heavy atom. The van der Waals surface area contributed by atoms with Crippen LogP contribution in [0.1, 0.15) is 50.5 Å². The van der Waals surface area contributed by atoms with Crippen molar-refractivity contribution in [3.8, 4) is 5.75 Å². The Morgan fingerprint density at radius 1 is 1.12 bits per heavy atom. The molecule has 2 aromatic carbocycles. The lowest BCUT2D eigenvalue weighted by molar-refractivity contribution is -0.139. The molecule has 40 heavy (non-hydrogen) atoms. The Bertz CT molecular complexity index is 1220. The average Bonchev–Trinajstić information content (AvgIpc) is 3.46. The highest BCUT2D eigenvalue weighted by atomic mass is 127. The largest absolute Gasteiger partial charge is 0.482 e. The summed E-state index contributed by atoms with van der Waals surface area (Å²) in [4.78, 5) is 28.5. The molecule has 0 aromatic heterocycles. The third kappa shape index (κ3) is 8.12. The number of ether oxygens (including phenoxy) is 1. The van der Waals surface area contributed by atoms with Gasteiger partial charge in [0.15, 0.2) is 0 Å². The summed E-state index contributed by atoms with van der Waals surface area (Å²) in [6.07, 6.45) is 5.54. The predicted octanol–water partition coefficient (Wildman–Crippen LogP) is 5.51. The molecule has 1 saturated carbocycles. The molecule has 10 heteroatoms. The van der Waals surface area contributed by atoms with Gasteiger partial charge in [-0.25, -0.2) is 0 Å². The van der Waals surface area contributed by atoms with Crippen LogP contribution in [0, 0.1) is 9.49 Å². The van der Waals surface area contributed by atoms with Crippen LogP contribution in [0.15, 0.2) is 54.1 Å². The van der Waals surface area contributed by atoms with E-state index in [4.69, 9.17) is 27.9 Å². The van der Waals surface area contributed by atoms with Gasteiger partial charge >= 0.3 is 0 Å². The molecule has 2 aliphatic rings. The zero-order chi connectivity index (χ0) is 28.6. The minimum absolute atomic E-state index is 0.0932. The van der Waals surface area contributed by atoms with Gasteiger partial charge < -0.3 is 25.2 Å². The van der Waals surface area contributed by atoms with Crippen molar-refractivity contribution >= 4 is 57.6 Å². The summed E-state index contributed by atoms with van der Waals surface area (Å²) in [6, 6.07) is 11.8. The fraction of sp³-hybridized carbons (Fsp3) is 0.467. The highest BCUT2D eigenvalue weighted by Gasteiger charge is 2.41. The first kappa shape index (κ1) is 31.1. The lowest BCUT2D eigenvalue weighted by Gasteiger charge is -2.41. The number of para-hydroxylation sites is 1. The molecule has 2 aliphatic carbocycles. The minimum atomic E-state index is -1.10. The van der Waals surface area contributed by atoms with E-state index >= 15 is 0 Å². The Balaban J connectivity index is 1.66. The smallest absolute Gasteiger partial charge is 0.247 e. The van der Waals surface area contributed by atoms with Crippen LogP contribution in [0.5, 0.6) is 5.75 Å².